The van der Waals surface area contributed by atoms with E-state index in [1.165, 1.54) is 6.42 Å². The van der Waals surface area contributed by atoms with E-state index < -0.39 is 0 Å². The van der Waals surface area contributed by atoms with Crippen molar-refractivity contribution in [2.75, 3.05) is 6.54 Å². The fourth-order valence-electron chi connectivity index (χ4n) is 3.09. The lowest BCUT2D eigenvalue weighted by Gasteiger charge is -2.31. The van der Waals surface area contributed by atoms with Gasteiger partial charge in [0, 0.05) is 12.2 Å². The largest absolute Gasteiger partial charge is 0.348 e. The van der Waals surface area contributed by atoms with E-state index in [4.69, 9.17) is 5.73 Å². The lowest BCUT2D eigenvalue weighted by Crippen LogP contribution is -2.44. The molecule has 2 atom stereocenters. The number of benzene rings is 1. The minimum Gasteiger partial charge on any atom is -0.348 e. The van der Waals surface area contributed by atoms with Crippen molar-refractivity contribution in [1.29, 1.82) is 0 Å². The second-order valence-electron chi connectivity index (χ2n) is 5.84. The maximum absolute atomic E-state index is 12.4. The van der Waals surface area contributed by atoms with Gasteiger partial charge in [-0.3, -0.25) is 4.79 Å². The van der Waals surface area contributed by atoms with Gasteiger partial charge in [-0.05, 0) is 43.5 Å². The van der Waals surface area contributed by atoms with Gasteiger partial charge in [-0.15, -0.1) is 0 Å². The molecule has 1 amide bonds. The van der Waals surface area contributed by atoms with Gasteiger partial charge in [0.2, 0.25) is 0 Å². The van der Waals surface area contributed by atoms with Gasteiger partial charge in [-0.2, -0.15) is 5.10 Å². The summed E-state index contributed by atoms with van der Waals surface area (Å²) in [5, 5.41) is 7.48. The molecule has 1 fully saturated rings. The maximum atomic E-state index is 12.4. The zero-order chi connectivity index (χ0) is 15.4. The van der Waals surface area contributed by atoms with Gasteiger partial charge in [0.1, 0.15) is 0 Å². The molecule has 0 saturated heterocycles. The molecule has 22 heavy (non-hydrogen) atoms. The predicted octanol–water partition coefficient (Wildman–Crippen LogP) is 2.12. The fraction of sp³-hybridized carbons (Fsp3) is 0.412. The number of amides is 1. The van der Waals surface area contributed by atoms with E-state index in [2.05, 4.69) is 10.4 Å². The highest BCUT2D eigenvalue weighted by atomic mass is 16.2. The molecule has 5 heteroatoms. The Labute approximate surface area is 130 Å². The quantitative estimate of drug-likeness (QED) is 0.908. The normalized spacial score (nSPS) is 21.5. The van der Waals surface area contributed by atoms with Crippen LogP contribution in [-0.4, -0.2) is 28.3 Å². The second-order valence-corrected chi connectivity index (χ2v) is 5.84. The first-order valence-corrected chi connectivity index (χ1v) is 7.90. The average molecular weight is 298 g/mol. The number of nitrogens with two attached hydrogens (primary N) is 1. The summed E-state index contributed by atoms with van der Waals surface area (Å²) in [4.78, 5) is 12.4. The van der Waals surface area contributed by atoms with Crippen LogP contribution >= 0.6 is 0 Å². The number of aromatic nitrogens is 2. The minimum atomic E-state index is -0.111. The summed E-state index contributed by atoms with van der Waals surface area (Å²) in [6.45, 7) is 0.628. The Morgan fingerprint density at radius 1 is 1.23 bits per heavy atom. The van der Waals surface area contributed by atoms with Crippen LogP contribution < -0.4 is 11.1 Å². The van der Waals surface area contributed by atoms with Crippen molar-refractivity contribution in [3.05, 3.63) is 48.3 Å². The molecule has 116 valence electrons. The summed E-state index contributed by atoms with van der Waals surface area (Å²) >= 11 is 0. The first-order valence-electron chi connectivity index (χ1n) is 7.90. The third kappa shape index (κ3) is 3.20. The Kier molecular flexibility index (Phi) is 4.53. The number of carbonyl (C=O) groups is 1. The summed E-state index contributed by atoms with van der Waals surface area (Å²) in [5.41, 5.74) is 7.21. The molecular weight excluding hydrogens is 276 g/mol. The highest BCUT2D eigenvalue weighted by molar-refractivity contribution is 5.92. The minimum absolute atomic E-state index is 0.111. The zero-order valence-electron chi connectivity index (χ0n) is 12.6. The Hall–Kier alpha value is -2.14. The monoisotopic (exact) mass is 298 g/mol. The lowest BCUT2D eigenvalue weighted by molar-refractivity contribution is 0.0902. The van der Waals surface area contributed by atoms with Crippen molar-refractivity contribution in [2.24, 2.45) is 11.7 Å². The van der Waals surface area contributed by atoms with Crippen molar-refractivity contribution >= 4 is 5.91 Å². The Morgan fingerprint density at radius 2 is 2.00 bits per heavy atom. The Bertz CT molecular complexity index is 623. The number of nitrogens with one attached hydrogen (secondary N) is 1. The van der Waals surface area contributed by atoms with E-state index in [9.17, 15) is 4.79 Å². The molecule has 1 aliphatic rings. The maximum Gasteiger partial charge on any atom is 0.272 e. The molecule has 0 aliphatic heterocycles. The van der Waals surface area contributed by atoms with E-state index in [1.54, 1.807) is 10.7 Å². The molecule has 2 aromatic rings. The van der Waals surface area contributed by atoms with Crippen LogP contribution in [0.5, 0.6) is 0 Å². The predicted molar refractivity (Wildman–Crippen MR) is 85.8 cm³/mol. The highest BCUT2D eigenvalue weighted by Gasteiger charge is 2.26. The number of para-hydroxylation sites is 1. The molecule has 3 rings (SSSR count). The van der Waals surface area contributed by atoms with Gasteiger partial charge in [-0.1, -0.05) is 31.0 Å². The zero-order valence-corrected chi connectivity index (χ0v) is 12.6. The molecule has 1 saturated carbocycles. The molecule has 3 N–H and O–H groups in total. The van der Waals surface area contributed by atoms with Crippen LogP contribution in [0.1, 0.15) is 36.2 Å². The van der Waals surface area contributed by atoms with E-state index in [1.807, 2.05) is 36.5 Å². The van der Waals surface area contributed by atoms with Crippen molar-refractivity contribution < 1.29 is 4.79 Å². The molecule has 0 bridgehead atoms. The summed E-state index contributed by atoms with van der Waals surface area (Å²) in [6.07, 6.45) is 6.27. The molecule has 0 spiro atoms. The van der Waals surface area contributed by atoms with Crippen molar-refractivity contribution in [2.45, 2.75) is 31.7 Å². The van der Waals surface area contributed by atoms with Gasteiger partial charge in [0.05, 0.1) is 5.69 Å². The summed E-state index contributed by atoms with van der Waals surface area (Å²) < 4.78 is 1.72. The molecule has 2 unspecified atom stereocenters. The Balaban J connectivity index is 1.69. The molecule has 1 aromatic carbocycles. The Morgan fingerprint density at radius 3 is 2.77 bits per heavy atom. The van der Waals surface area contributed by atoms with Gasteiger partial charge >= 0.3 is 0 Å². The highest BCUT2D eigenvalue weighted by Crippen LogP contribution is 2.23. The third-order valence-electron chi connectivity index (χ3n) is 4.37. The van der Waals surface area contributed by atoms with Crippen LogP contribution in [0, 0.1) is 5.92 Å². The average Bonchev–Trinajstić information content (AvgIpc) is 3.06. The van der Waals surface area contributed by atoms with Crippen LogP contribution in [0.2, 0.25) is 0 Å². The standard InChI is InChI=1S/C17H22N4O/c18-12-13-6-4-5-9-15(13)19-17(22)16-10-11-21(20-16)14-7-2-1-3-8-14/h1-3,7-8,10-11,13,15H,4-6,9,12,18H2,(H,19,22). The van der Waals surface area contributed by atoms with Gasteiger partial charge in [0.25, 0.3) is 5.91 Å². The van der Waals surface area contributed by atoms with Gasteiger partial charge in [-0.25, -0.2) is 4.68 Å². The number of nitrogens with zero attached hydrogens (tertiary/aromatic N) is 2. The molecule has 0 radical (unpaired) electrons. The molecular formula is C17H22N4O. The van der Waals surface area contributed by atoms with E-state index in [0.29, 0.717) is 18.2 Å². The first-order chi connectivity index (χ1) is 10.8. The molecule has 1 aliphatic carbocycles. The third-order valence-corrected chi connectivity index (χ3v) is 4.37. The van der Waals surface area contributed by atoms with Crippen molar-refractivity contribution in [3.8, 4) is 5.69 Å². The van der Waals surface area contributed by atoms with Crippen LogP contribution in [0.4, 0.5) is 0 Å². The fourth-order valence-corrected chi connectivity index (χ4v) is 3.09. The lowest BCUT2D eigenvalue weighted by atomic mass is 9.84. The van der Waals surface area contributed by atoms with Crippen LogP contribution in [0.3, 0.4) is 0 Å². The SMILES string of the molecule is NCC1CCCCC1NC(=O)c1ccn(-c2ccccc2)n1. The smallest absolute Gasteiger partial charge is 0.272 e. The van der Waals surface area contributed by atoms with Gasteiger partial charge in [0.15, 0.2) is 5.69 Å². The van der Waals surface area contributed by atoms with Gasteiger partial charge < -0.3 is 11.1 Å². The molecule has 1 aromatic heterocycles. The summed E-state index contributed by atoms with van der Waals surface area (Å²) in [7, 11) is 0. The molecule has 5 nitrogen and oxygen atoms in total. The van der Waals surface area contributed by atoms with Crippen LogP contribution in [0.25, 0.3) is 5.69 Å². The summed E-state index contributed by atoms with van der Waals surface area (Å²) in [6, 6.07) is 11.7. The first kappa shape index (κ1) is 14.8. The number of hydrogen-bond acceptors (Lipinski definition) is 3. The number of hydrogen-bond donors (Lipinski definition) is 2. The van der Waals surface area contributed by atoms with E-state index in [0.717, 1.165) is 24.9 Å². The van der Waals surface area contributed by atoms with E-state index >= 15 is 0 Å². The summed E-state index contributed by atoms with van der Waals surface area (Å²) in [5.74, 6) is 0.272. The van der Waals surface area contributed by atoms with Crippen LogP contribution in [-0.2, 0) is 0 Å². The topological polar surface area (TPSA) is 72.9 Å². The number of carbonyl (C=O) groups excluding carboxylic acids is 1. The van der Waals surface area contributed by atoms with Crippen molar-refractivity contribution in [3.63, 3.8) is 0 Å². The van der Waals surface area contributed by atoms with Crippen molar-refractivity contribution in [1.82, 2.24) is 15.1 Å². The van der Waals surface area contributed by atoms with Crippen LogP contribution in [0.15, 0.2) is 42.6 Å². The molecule has 1 heterocycles. The number of rotatable bonds is 4. The van der Waals surface area contributed by atoms with E-state index in [-0.39, 0.29) is 11.9 Å². The second kappa shape index (κ2) is 6.75.